The Kier molecular flexibility index (Phi) is 14.2. The molecule has 0 saturated carbocycles. The van der Waals surface area contributed by atoms with Crippen molar-refractivity contribution in [3.8, 4) is 0 Å². The summed E-state index contributed by atoms with van der Waals surface area (Å²) in [5.41, 5.74) is 0. The second-order valence-corrected chi connectivity index (χ2v) is 8.13. The Balaban J connectivity index is 4.75. The molecule has 25 heavy (non-hydrogen) atoms. The molecule has 0 spiro atoms. The number of nitrogens with one attached hydrogen (secondary N) is 1. The monoisotopic (exact) mass is 351 g/mol. The quantitative estimate of drug-likeness (QED) is 0.178. The van der Waals surface area contributed by atoms with Gasteiger partial charge in [-0.15, -0.1) is 6.58 Å². The molecule has 6 unspecified atom stereocenters. The third-order valence-electron chi connectivity index (χ3n) is 6.15. The largest absolute Gasteiger partial charge is 0.393 e. The van der Waals surface area contributed by atoms with Crippen molar-refractivity contribution in [3.05, 3.63) is 12.7 Å². The van der Waals surface area contributed by atoms with E-state index in [1.807, 2.05) is 6.92 Å². The van der Waals surface area contributed by atoms with E-state index in [-0.39, 0.29) is 6.10 Å². The first-order valence-electron chi connectivity index (χ1n) is 10.8. The normalized spacial score (nSPS) is 18.8. The van der Waals surface area contributed by atoms with Crippen LogP contribution in [0.3, 0.4) is 0 Å². The van der Waals surface area contributed by atoms with Gasteiger partial charge in [-0.1, -0.05) is 78.7 Å². The van der Waals surface area contributed by atoms with E-state index in [9.17, 15) is 5.11 Å². The summed E-state index contributed by atoms with van der Waals surface area (Å²) in [5.74, 6) is 2.27. The lowest BCUT2D eigenvalue weighted by molar-refractivity contribution is 0.0957. The molecule has 0 aromatic rings. The zero-order chi connectivity index (χ0) is 19.2. The summed E-state index contributed by atoms with van der Waals surface area (Å²) in [6.45, 7) is 15.0. The highest BCUT2D eigenvalue weighted by atomic mass is 16.3. The Morgan fingerprint density at radius 2 is 1.60 bits per heavy atom. The fourth-order valence-corrected chi connectivity index (χ4v) is 4.16. The standard InChI is InChI=1S/C23H45NO/c1-7-11-12-13-18(5)14-15-22(17-24)23(10-4)21(9-3)16-20(8-2)19(6)25/h10,17-25H,4,7-9,11-16H2,1-3,5-6H3. The van der Waals surface area contributed by atoms with Crippen LogP contribution >= 0.6 is 0 Å². The van der Waals surface area contributed by atoms with Gasteiger partial charge in [-0.2, -0.15) is 0 Å². The molecule has 0 rings (SSSR count). The minimum Gasteiger partial charge on any atom is -0.393 e. The second-order valence-electron chi connectivity index (χ2n) is 8.13. The molecular formula is C23H45NO. The molecule has 6 atom stereocenters. The molecular weight excluding hydrogens is 306 g/mol. The Morgan fingerprint density at radius 3 is 2.04 bits per heavy atom. The van der Waals surface area contributed by atoms with Crippen LogP contribution in [0.4, 0.5) is 0 Å². The fourth-order valence-electron chi connectivity index (χ4n) is 4.16. The van der Waals surface area contributed by atoms with Crippen LogP contribution in [0.25, 0.3) is 0 Å². The van der Waals surface area contributed by atoms with Crippen molar-refractivity contribution in [2.45, 2.75) is 98.5 Å². The second kappa shape index (κ2) is 14.5. The molecule has 2 heteroatoms. The van der Waals surface area contributed by atoms with Gasteiger partial charge in [-0.3, -0.25) is 0 Å². The first-order valence-corrected chi connectivity index (χ1v) is 10.8. The number of allylic oxidation sites excluding steroid dienone is 1. The van der Waals surface area contributed by atoms with Crippen LogP contribution < -0.4 is 0 Å². The summed E-state index contributed by atoms with van der Waals surface area (Å²) in [6.07, 6.45) is 14.2. The molecule has 0 heterocycles. The first kappa shape index (κ1) is 24.4. The van der Waals surface area contributed by atoms with Crippen LogP contribution in [0, 0.1) is 35.0 Å². The number of aliphatic hydroxyl groups is 1. The number of unbranched alkanes of at least 4 members (excludes halogenated alkanes) is 2. The summed E-state index contributed by atoms with van der Waals surface area (Å²) in [4.78, 5) is 0. The lowest BCUT2D eigenvalue weighted by Gasteiger charge is -2.33. The Morgan fingerprint density at radius 1 is 0.960 bits per heavy atom. The molecule has 0 aliphatic rings. The predicted molar refractivity (Wildman–Crippen MR) is 112 cm³/mol. The molecule has 0 aromatic heterocycles. The van der Waals surface area contributed by atoms with Crippen LogP contribution in [-0.2, 0) is 0 Å². The maximum absolute atomic E-state index is 10.0. The smallest absolute Gasteiger partial charge is 0.0540 e. The molecule has 148 valence electrons. The summed E-state index contributed by atoms with van der Waals surface area (Å²) >= 11 is 0. The van der Waals surface area contributed by atoms with Crippen molar-refractivity contribution in [1.82, 2.24) is 0 Å². The van der Waals surface area contributed by atoms with Crippen molar-refractivity contribution in [1.29, 1.82) is 5.41 Å². The number of rotatable bonds is 16. The Bertz CT molecular complexity index is 339. The van der Waals surface area contributed by atoms with Gasteiger partial charge in [-0.05, 0) is 49.7 Å². The van der Waals surface area contributed by atoms with Gasteiger partial charge in [0, 0.05) is 5.92 Å². The van der Waals surface area contributed by atoms with Crippen molar-refractivity contribution in [2.75, 3.05) is 0 Å². The SMILES string of the molecule is C=CC(C(C=N)CCC(C)CCCCC)C(CC)CC(CC)C(C)O. The Hall–Kier alpha value is -0.630. The van der Waals surface area contributed by atoms with E-state index in [1.54, 1.807) is 6.21 Å². The van der Waals surface area contributed by atoms with Crippen LogP contribution in [0.1, 0.15) is 92.4 Å². The number of hydrogen-bond donors (Lipinski definition) is 2. The molecule has 0 bridgehead atoms. The van der Waals surface area contributed by atoms with Crippen LogP contribution in [0.2, 0.25) is 0 Å². The van der Waals surface area contributed by atoms with Gasteiger partial charge in [0.15, 0.2) is 0 Å². The van der Waals surface area contributed by atoms with Crippen LogP contribution in [-0.4, -0.2) is 17.4 Å². The van der Waals surface area contributed by atoms with Crippen molar-refractivity contribution in [2.24, 2.45) is 29.6 Å². The molecule has 2 N–H and O–H groups in total. The third kappa shape index (κ3) is 9.58. The highest BCUT2D eigenvalue weighted by Gasteiger charge is 2.28. The van der Waals surface area contributed by atoms with E-state index >= 15 is 0 Å². The average Bonchev–Trinajstić information content (AvgIpc) is 2.60. The molecule has 2 nitrogen and oxygen atoms in total. The topological polar surface area (TPSA) is 44.1 Å². The van der Waals surface area contributed by atoms with Crippen LogP contribution in [0.15, 0.2) is 12.7 Å². The van der Waals surface area contributed by atoms with Crippen molar-refractivity contribution < 1.29 is 5.11 Å². The van der Waals surface area contributed by atoms with E-state index < -0.39 is 0 Å². The van der Waals surface area contributed by atoms with E-state index in [0.29, 0.717) is 23.7 Å². The van der Waals surface area contributed by atoms with Gasteiger partial charge < -0.3 is 10.5 Å². The van der Waals surface area contributed by atoms with Gasteiger partial charge in [0.25, 0.3) is 0 Å². The van der Waals surface area contributed by atoms with Crippen LogP contribution in [0.5, 0.6) is 0 Å². The number of hydrogen-bond acceptors (Lipinski definition) is 2. The number of aliphatic hydroxyl groups excluding tert-OH is 1. The summed E-state index contributed by atoms with van der Waals surface area (Å²) in [5, 5.41) is 18.0. The maximum atomic E-state index is 10.0. The lowest BCUT2D eigenvalue weighted by Crippen LogP contribution is -2.28. The van der Waals surface area contributed by atoms with Crippen molar-refractivity contribution >= 4 is 6.21 Å². The molecule has 0 amide bonds. The van der Waals surface area contributed by atoms with E-state index in [0.717, 1.165) is 31.6 Å². The molecule has 0 radical (unpaired) electrons. The molecule has 0 aliphatic carbocycles. The van der Waals surface area contributed by atoms with E-state index in [1.165, 1.54) is 32.1 Å². The van der Waals surface area contributed by atoms with E-state index in [2.05, 4.69) is 40.3 Å². The zero-order valence-corrected chi connectivity index (χ0v) is 17.6. The molecule has 0 aromatic carbocycles. The maximum Gasteiger partial charge on any atom is 0.0540 e. The molecule has 0 aliphatic heterocycles. The van der Waals surface area contributed by atoms with Gasteiger partial charge >= 0.3 is 0 Å². The minimum atomic E-state index is -0.249. The highest BCUT2D eigenvalue weighted by molar-refractivity contribution is 5.57. The molecule has 0 fully saturated rings. The lowest BCUT2D eigenvalue weighted by atomic mass is 9.73. The highest BCUT2D eigenvalue weighted by Crippen LogP contribution is 2.34. The molecule has 0 saturated heterocycles. The zero-order valence-electron chi connectivity index (χ0n) is 17.6. The van der Waals surface area contributed by atoms with Gasteiger partial charge in [0.05, 0.1) is 6.10 Å². The van der Waals surface area contributed by atoms with E-state index in [4.69, 9.17) is 5.41 Å². The Labute approximate surface area is 158 Å². The third-order valence-corrected chi connectivity index (χ3v) is 6.15. The average molecular weight is 352 g/mol. The fraction of sp³-hybridized carbons (Fsp3) is 0.870. The summed E-state index contributed by atoms with van der Waals surface area (Å²) in [6, 6.07) is 0. The summed E-state index contributed by atoms with van der Waals surface area (Å²) < 4.78 is 0. The van der Waals surface area contributed by atoms with Gasteiger partial charge in [0.1, 0.15) is 0 Å². The predicted octanol–water partition coefficient (Wildman–Crippen LogP) is 6.87. The summed E-state index contributed by atoms with van der Waals surface area (Å²) in [7, 11) is 0. The van der Waals surface area contributed by atoms with Crippen molar-refractivity contribution in [3.63, 3.8) is 0 Å². The van der Waals surface area contributed by atoms with Gasteiger partial charge in [0.2, 0.25) is 0 Å². The first-order chi connectivity index (χ1) is 11.9. The minimum absolute atomic E-state index is 0.249. The van der Waals surface area contributed by atoms with Gasteiger partial charge in [-0.25, -0.2) is 0 Å².